The molecule has 6 N–H and O–H groups in total. The number of allylic oxidation sites excluding steroid dienone is 9. The van der Waals surface area contributed by atoms with Crippen LogP contribution in [0.3, 0.4) is 0 Å². The van der Waals surface area contributed by atoms with E-state index >= 15 is 0 Å². The predicted molar refractivity (Wildman–Crippen MR) is 248 cm³/mol. The number of aliphatic carboxylic acids is 1. The molecule has 4 aliphatic rings. The van der Waals surface area contributed by atoms with Gasteiger partial charge in [-0.25, -0.2) is 4.79 Å². The van der Waals surface area contributed by atoms with Gasteiger partial charge < -0.3 is 73.5 Å². The number of hydrogen-bond acceptors (Lipinski definition) is 15. The zero-order valence-electron chi connectivity index (χ0n) is 40.7. The molecule has 0 radical (unpaired) electrons. The Hall–Kier alpha value is -3.40. The smallest absolute Gasteiger partial charge is 0.328 e. The second-order valence-electron chi connectivity index (χ2n) is 18.4. The summed E-state index contributed by atoms with van der Waals surface area (Å²) in [6.45, 7) is 12.8. The Morgan fingerprint density at radius 2 is 1.54 bits per heavy atom. The molecular formula is C50H77NO16. The summed E-state index contributed by atoms with van der Waals surface area (Å²) in [4.78, 5) is 24.8. The lowest BCUT2D eigenvalue weighted by molar-refractivity contribution is -0.332. The van der Waals surface area contributed by atoms with Crippen molar-refractivity contribution < 1.29 is 77.8 Å². The van der Waals surface area contributed by atoms with E-state index in [2.05, 4.69) is 5.32 Å². The van der Waals surface area contributed by atoms with Crippen molar-refractivity contribution in [2.24, 2.45) is 17.3 Å². The molecule has 4 saturated heterocycles. The first-order chi connectivity index (χ1) is 31.8. The van der Waals surface area contributed by atoms with Crippen molar-refractivity contribution in [3.05, 3.63) is 84.6 Å². The van der Waals surface area contributed by atoms with Crippen LogP contribution in [0.2, 0.25) is 0 Å². The van der Waals surface area contributed by atoms with Gasteiger partial charge in [0.2, 0.25) is 5.91 Å². The number of ether oxygens (including phenoxy) is 9. The molecule has 0 aromatic rings. The quantitative estimate of drug-likeness (QED) is 0.0660. The van der Waals surface area contributed by atoms with Gasteiger partial charge in [0.15, 0.2) is 18.4 Å². The summed E-state index contributed by atoms with van der Waals surface area (Å²) in [6, 6.07) is 0. The van der Waals surface area contributed by atoms with E-state index in [4.69, 9.17) is 47.7 Å². The van der Waals surface area contributed by atoms with Crippen molar-refractivity contribution in [2.45, 2.75) is 166 Å². The summed E-state index contributed by atoms with van der Waals surface area (Å²) < 4.78 is 54.5. The maximum absolute atomic E-state index is 14.2. The van der Waals surface area contributed by atoms with Crippen LogP contribution in [0.15, 0.2) is 84.6 Å². The molecule has 67 heavy (non-hydrogen) atoms. The van der Waals surface area contributed by atoms with E-state index in [0.29, 0.717) is 12.8 Å². The van der Waals surface area contributed by atoms with Crippen molar-refractivity contribution in [1.29, 1.82) is 0 Å². The van der Waals surface area contributed by atoms with Crippen molar-refractivity contribution in [3.63, 3.8) is 0 Å². The van der Waals surface area contributed by atoms with E-state index < -0.39 is 103 Å². The molecule has 0 saturated carbocycles. The van der Waals surface area contributed by atoms with Crippen LogP contribution in [0.5, 0.6) is 0 Å². The first kappa shape index (κ1) is 56.2. The van der Waals surface area contributed by atoms with Crippen LogP contribution in [0, 0.1) is 17.3 Å². The fraction of sp³-hybridized carbons (Fsp3) is 0.680. The van der Waals surface area contributed by atoms with Gasteiger partial charge in [0.05, 0.1) is 61.5 Å². The number of rotatable bonds is 22. The fourth-order valence-corrected chi connectivity index (χ4v) is 8.94. The molecule has 5 unspecified atom stereocenters. The van der Waals surface area contributed by atoms with Crippen LogP contribution < -0.4 is 5.32 Å². The number of methoxy groups -OCH3 is 3. The van der Waals surface area contributed by atoms with Crippen molar-refractivity contribution in [3.8, 4) is 0 Å². The number of nitrogens with one attached hydrogen (secondary N) is 1. The molecule has 4 rings (SSSR count). The lowest BCUT2D eigenvalue weighted by atomic mass is 9.73. The predicted octanol–water partition coefficient (Wildman–Crippen LogP) is 4.20. The van der Waals surface area contributed by atoms with Gasteiger partial charge in [-0.3, -0.25) is 4.79 Å². The van der Waals surface area contributed by atoms with Crippen LogP contribution in [0.25, 0.3) is 0 Å². The number of hydrogen-bond donors (Lipinski definition) is 6. The Morgan fingerprint density at radius 1 is 0.866 bits per heavy atom. The monoisotopic (exact) mass is 948 g/mol. The molecule has 1 amide bonds. The maximum atomic E-state index is 14.2. The number of aliphatic hydroxyl groups is 4. The molecule has 4 heterocycles. The van der Waals surface area contributed by atoms with Crippen molar-refractivity contribution in [1.82, 2.24) is 5.32 Å². The van der Waals surface area contributed by atoms with Crippen LogP contribution in [-0.4, -0.2) is 164 Å². The topological polar surface area (TPSA) is 230 Å². The fourth-order valence-electron chi connectivity index (χ4n) is 8.94. The minimum absolute atomic E-state index is 0.0814. The van der Waals surface area contributed by atoms with Gasteiger partial charge in [-0.05, 0) is 33.3 Å². The average molecular weight is 948 g/mol. The van der Waals surface area contributed by atoms with Gasteiger partial charge in [-0.2, -0.15) is 0 Å². The first-order valence-electron chi connectivity index (χ1n) is 23.2. The second kappa shape index (κ2) is 26.5. The number of carbonyl (C=O) groups is 2. The Labute approximate surface area is 396 Å². The standard InChI is InChI=1S/C50H77NO16/c1-11-12-15-22-41-49(6,7)40(53)28-50(58,67-41)34(29-62-43-27-39(60-9)47(33(5)64-43)66-44-26-38(59-8)45(56)32(4)63-44)48(57)51-24-19-18-20-30(2)46(61-10)31(3)37-25-35(52)36(65-37)21-16-13-14-17-23-42(54)55/h11-23,31-41,43-47,52-53,56,58H,24-29H2,1-10H3,(H,51,57)(H,54,55)/b12-11-,14-13+,19-18+,21-16+,22-15+,23-17+,30-20+/t31?,32-,33-,34-,35?,36?,37?,38+,39-,40-,41-,43+,44+,45-,46?,47+,50-/m0/s1. The minimum Gasteiger partial charge on any atom is -0.478 e. The molecule has 378 valence electrons. The van der Waals surface area contributed by atoms with E-state index in [1.807, 2.05) is 59.8 Å². The van der Waals surface area contributed by atoms with Crippen LogP contribution in [0.1, 0.15) is 74.1 Å². The van der Waals surface area contributed by atoms with Gasteiger partial charge in [-0.15, -0.1) is 0 Å². The highest BCUT2D eigenvalue weighted by atomic mass is 16.7. The van der Waals surface area contributed by atoms with E-state index in [1.54, 1.807) is 69.8 Å². The summed E-state index contributed by atoms with van der Waals surface area (Å²) in [7, 11) is 4.69. The van der Waals surface area contributed by atoms with Gasteiger partial charge in [-0.1, -0.05) is 93.7 Å². The third kappa shape index (κ3) is 15.5. The number of carbonyl (C=O) groups excluding carboxylic acids is 1. The number of carboxylic acids is 1. The second-order valence-corrected chi connectivity index (χ2v) is 18.4. The Bertz CT molecular complexity index is 1780. The Morgan fingerprint density at radius 3 is 2.21 bits per heavy atom. The molecule has 17 nitrogen and oxygen atoms in total. The summed E-state index contributed by atoms with van der Waals surface area (Å²) >= 11 is 0. The van der Waals surface area contributed by atoms with Crippen molar-refractivity contribution >= 4 is 11.9 Å². The molecule has 17 atom stereocenters. The van der Waals surface area contributed by atoms with Crippen LogP contribution in [-0.2, 0) is 52.2 Å². The van der Waals surface area contributed by atoms with Crippen LogP contribution >= 0.6 is 0 Å². The molecule has 0 aromatic carbocycles. The maximum Gasteiger partial charge on any atom is 0.328 e. The molecule has 0 aromatic heterocycles. The van der Waals surface area contributed by atoms with E-state index in [1.165, 1.54) is 13.2 Å². The first-order valence-corrected chi connectivity index (χ1v) is 23.2. The molecule has 17 heteroatoms. The number of aliphatic hydroxyl groups excluding tert-OH is 3. The minimum atomic E-state index is -2.14. The Kier molecular flexibility index (Phi) is 22.3. The zero-order chi connectivity index (χ0) is 49.5. The number of amides is 1. The molecule has 0 bridgehead atoms. The SMILES string of the molecule is C/C=C\C=C\[C@@H]1O[C@](O)([C@@H](CO[C@H]2C[C@H](OC)[C@H](O[C@@H]3C[C@@H](OC)[C@@H](O)[C@H](C)O3)[C@H](C)O2)C(=O)NC/C=C/C=C(\C)C(OC)C(C)C2CC(O)C(/C=C/C=C/C=C/C(=O)O)O2)C[C@H](O)C1(C)C. The van der Waals surface area contributed by atoms with E-state index in [-0.39, 0.29) is 44.1 Å². The lowest BCUT2D eigenvalue weighted by Gasteiger charge is -2.50. The highest BCUT2D eigenvalue weighted by Gasteiger charge is 2.55. The normalized spacial score (nSPS) is 36.8. The molecular weight excluding hydrogens is 871 g/mol. The highest BCUT2D eigenvalue weighted by molar-refractivity contribution is 5.80. The highest BCUT2D eigenvalue weighted by Crippen LogP contribution is 2.44. The van der Waals surface area contributed by atoms with Crippen molar-refractivity contribution in [2.75, 3.05) is 34.5 Å². The van der Waals surface area contributed by atoms with Gasteiger partial charge in [0, 0.05) is 71.0 Å². The van der Waals surface area contributed by atoms with E-state index in [9.17, 15) is 30.0 Å². The summed E-state index contributed by atoms with van der Waals surface area (Å²) in [5, 5.41) is 56.4. The summed E-state index contributed by atoms with van der Waals surface area (Å²) in [5.41, 5.74) is 0.0829. The number of carboxylic acid groups (broad SMARTS) is 1. The van der Waals surface area contributed by atoms with E-state index in [0.717, 1.165) is 11.6 Å². The summed E-state index contributed by atoms with van der Waals surface area (Å²) in [6.07, 6.45) is 13.7. The molecule has 0 spiro atoms. The van der Waals surface area contributed by atoms with Crippen LogP contribution in [0.4, 0.5) is 0 Å². The van der Waals surface area contributed by atoms with Gasteiger partial charge >= 0.3 is 5.97 Å². The molecule has 0 aliphatic carbocycles. The van der Waals surface area contributed by atoms with Gasteiger partial charge in [0.25, 0.3) is 0 Å². The summed E-state index contributed by atoms with van der Waals surface area (Å²) in [5.74, 6) is -5.20. The largest absolute Gasteiger partial charge is 0.478 e. The zero-order valence-corrected chi connectivity index (χ0v) is 40.7. The lowest BCUT2D eigenvalue weighted by Crippen LogP contribution is -2.62. The van der Waals surface area contributed by atoms with Gasteiger partial charge in [0.1, 0.15) is 24.2 Å². The third-order valence-corrected chi connectivity index (χ3v) is 13.2. The Balaban J connectivity index is 1.44. The third-order valence-electron chi connectivity index (χ3n) is 13.2. The average Bonchev–Trinajstić information content (AvgIpc) is 3.65. The molecule has 4 fully saturated rings. The molecule has 4 aliphatic heterocycles.